The fraction of sp³-hybridized carbons (Fsp3) is 0.273. The maximum absolute atomic E-state index is 6.16. The second-order valence-electron chi connectivity index (χ2n) is 26.5. The zero-order valence-corrected chi connectivity index (χ0v) is 46.2. The monoisotopic (exact) mass is 1030 g/mol. The van der Waals surface area contributed by atoms with Crippen LogP contribution in [0.3, 0.4) is 0 Å². The van der Waals surface area contributed by atoms with E-state index < -0.39 is 38.2 Å². The van der Waals surface area contributed by atoms with Gasteiger partial charge < -0.3 is 0 Å². The van der Waals surface area contributed by atoms with Crippen molar-refractivity contribution < 1.29 is 6.51 Å². The topological polar surface area (TPSA) is 0 Å². The van der Waals surface area contributed by atoms with Crippen LogP contribution in [0.2, 0.25) is 27.9 Å². The van der Waals surface area contributed by atoms with Crippen molar-refractivity contribution in [3.63, 3.8) is 0 Å². The molecule has 0 bridgehead atoms. The van der Waals surface area contributed by atoms with Gasteiger partial charge in [-0.15, -0.1) is 0 Å². The summed E-state index contributed by atoms with van der Waals surface area (Å²) in [5, 5.41) is 13.2. The zero-order valence-electron chi connectivity index (χ0n) is 41.5. The van der Waals surface area contributed by atoms with Crippen LogP contribution in [0.4, 0.5) is 0 Å². The van der Waals surface area contributed by atoms with Crippen molar-refractivity contribution >= 4 is 74.1 Å². The molecule has 8 aromatic rings. The molecule has 0 saturated carbocycles. The van der Waals surface area contributed by atoms with Crippen LogP contribution in [-0.2, 0) is 6.51 Å². The molecule has 8 atom stereocenters. The third-order valence-electron chi connectivity index (χ3n) is 26.7. The van der Waals surface area contributed by atoms with Crippen LogP contribution in [-0.4, -0.2) is 16.2 Å². The molecule has 354 valence electrons. The van der Waals surface area contributed by atoms with Crippen molar-refractivity contribution in [1.29, 1.82) is 0 Å². The first-order valence-electron chi connectivity index (χ1n) is 26.2. The number of benzene rings is 8. The molecular weight excluding hydrogens is 972 g/mol. The minimum absolute atomic E-state index is 0.131. The third kappa shape index (κ3) is 1.58. The van der Waals surface area contributed by atoms with Crippen molar-refractivity contribution in [2.24, 2.45) is 10.8 Å². The van der Waals surface area contributed by atoms with Gasteiger partial charge in [-0.3, -0.25) is 0 Å². The van der Waals surface area contributed by atoms with E-state index in [0.29, 0.717) is 8.63 Å². The van der Waals surface area contributed by atoms with Crippen LogP contribution < -0.4 is 42.4 Å². The summed E-state index contributed by atoms with van der Waals surface area (Å²) in [5.41, 5.74) is 0.261. The first kappa shape index (κ1) is 41.4. The van der Waals surface area contributed by atoms with E-state index in [-0.39, 0.29) is 27.0 Å². The molecule has 10 aliphatic heterocycles. The van der Waals surface area contributed by atoms with E-state index in [9.17, 15) is 0 Å². The Morgan fingerprint density at radius 3 is 0.521 bits per heavy atom. The van der Waals surface area contributed by atoms with Crippen molar-refractivity contribution in [2.45, 2.75) is 85.7 Å². The Morgan fingerprint density at radius 2 is 0.394 bits per heavy atom. The Hall–Kier alpha value is -4.00. The Balaban J connectivity index is 1.15. The fourth-order valence-corrected chi connectivity index (χ4v) is 178. The van der Waals surface area contributed by atoms with E-state index in [1.807, 2.05) is 0 Å². The summed E-state index contributed by atoms with van der Waals surface area (Å²) in [4.78, 5) is 3.12. The molecule has 0 amide bonds. The van der Waals surface area contributed by atoms with Gasteiger partial charge in [0.1, 0.15) is 0 Å². The summed E-state index contributed by atoms with van der Waals surface area (Å²) in [5.74, 6) is 0. The zero-order chi connectivity index (χ0) is 47.8. The van der Waals surface area contributed by atoms with Gasteiger partial charge in [-0.2, -0.15) is 0 Å². The molecule has 0 aliphatic carbocycles. The molecule has 5 heteroatoms. The van der Waals surface area contributed by atoms with E-state index in [2.05, 4.69) is 284 Å². The van der Waals surface area contributed by atoms with Crippen molar-refractivity contribution in [3.8, 4) is 0 Å². The molecule has 1 spiro atoms. The molecule has 0 nitrogen and oxygen atoms in total. The molecule has 8 unspecified atom stereocenters. The molecular formula is C66H62FeP4. The number of fused-ring (bicyclic) bond motifs is 10. The fourth-order valence-electron chi connectivity index (χ4n) is 30.6. The quantitative estimate of drug-likeness (QED) is 0.0845. The molecule has 0 radical (unpaired) electrons. The van der Waals surface area contributed by atoms with Gasteiger partial charge in [-0.1, -0.05) is 0 Å². The maximum atomic E-state index is 2.84. The van der Waals surface area contributed by atoms with E-state index in [1.54, 1.807) is 42.4 Å². The molecule has 8 aromatic carbocycles. The first-order chi connectivity index (χ1) is 34.3. The molecule has 18 rings (SSSR count). The van der Waals surface area contributed by atoms with Gasteiger partial charge >= 0.3 is 420 Å². The summed E-state index contributed by atoms with van der Waals surface area (Å²) in [6, 6.07) is 99.6. The Bertz CT molecular complexity index is 3360. The summed E-state index contributed by atoms with van der Waals surface area (Å²) < 4.78 is 1.51. The van der Waals surface area contributed by atoms with Gasteiger partial charge in [0.05, 0.1) is 0 Å². The van der Waals surface area contributed by atoms with E-state index in [4.69, 9.17) is 0 Å². The average molecular weight is 1030 g/mol. The van der Waals surface area contributed by atoms with Crippen molar-refractivity contribution in [3.05, 3.63) is 243 Å². The standard InChI is InChI=1S/2C33H31P2.Fe/c2*1-33(2,3)26-24-31(34(27-16-8-4-9-17-27)28-18-10-5-11-19-28)32(25-26)35(29-20-12-6-13-21-29)30-22-14-7-15-23-30;/h2*4-25H,1-3H3;. The number of rotatable bonds is 12. The molecule has 10 aliphatic rings. The molecule has 10 heterocycles. The predicted molar refractivity (Wildman–Crippen MR) is 307 cm³/mol. The third-order valence-corrected chi connectivity index (χ3v) is 99.5. The molecule has 0 N–H and O–H groups in total. The van der Waals surface area contributed by atoms with Gasteiger partial charge in [0.25, 0.3) is 0 Å². The van der Waals surface area contributed by atoms with Crippen molar-refractivity contribution in [2.75, 3.05) is 0 Å². The summed E-state index contributed by atoms with van der Waals surface area (Å²) in [6.45, 7) is 10.9. The second kappa shape index (κ2) is 8.90. The average Bonchev–Trinajstić information content (AvgIpc) is 1.02. The Morgan fingerprint density at radius 1 is 0.254 bits per heavy atom. The van der Waals surface area contributed by atoms with Gasteiger partial charge in [-0.05, 0) is 0 Å². The summed E-state index contributed by atoms with van der Waals surface area (Å²) in [7, 11) is -3.36. The van der Waals surface area contributed by atoms with E-state index >= 15 is 0 Å². The van der Waals surface area contributed by atoms with Crippen molar-refractivity contribution in [1.82, 2.24) is 0 Å². The van der Waals surface area contributed by atoms with Crippen LogP contribution in [0, 0.1) is 10.8 Å². The second-order valence-corrected chi connectivity index (χ2v) is 59.6. The normalized spacial score (nSPS) is 43.2. The van der Waals surface area contributed by atoms with Crippen LogP contribution in [0.25, 0.3) is 0 Å². The number of hydrogen-bond donors (Lipinski definition) is 0. The van der Waals surface area contributed by atoms with E-state index in [1.165, 1.54) is 0 Å². The molecule has 0 aromatic heterocycles. The Kier molecular flexibility index (Phi) is 5.19. The van der Waals surface area contributed by atoms with Gasteiger partial charge in [-0.25, -0.2) is 0 Å². The predicted octanol–water partition coefficient (Wildman–Crippen LogP) is 14.4. The summed E-state index contributed by atoms with van der Waals surface area (Å²) >= 11 is 0. The molecule has 71 heavy (non-hydrogen) atoms. The molecule has 10 saturated heterocycles. The van der Waals surface area contributed by atoms with Crippen LogP contribution in [0.1, 0.15) is 41.5 Å². The number of hydrogen-bond acceptors (Lipinski definition) is 0. The van der Waals surface area contributed by atoms with Crippen LogP contribution >= 0.6 is 31.7 Å². The summed E-state index contributed by atoms with van der Waals surface area (Å²) in [6.07, 6.45) is 0. The van der Waals surface area contributed by atoms with Gasteiger partial charge in [0.2, 0.25) is 0 Å². The van der Waals surface area contributed by atoms with Gasteiger partial charge in [0.15, 0.2) is 0 Å². The van der Waals surface area contributed by atoms with Gasteiger partial charge in [0, 0.05) is 0 Å². The first-order valence-corrected chi connectivity index (χ1v) is 37.4. The van der Waals surface area contributed by atoms with Crippen LogP contribution in [0.5, 0.6) is 0 Å². The Labute approximate surface area is 416 Å². The molecule has 10 fully saturated rings. The van der Waals surface area contributed by atoms with E-state index in [0.717, 1.165) is 19.3 Å². The van der Waals surface area contributed by atoms with Crippen LogP contribution in [0.15, 0.2) is 243 Å². The minimum atomic E-state index is -6.16. The SMILES string of the molecule is CC(C)(C)[C]12[CH]3[C]4(P(c5ccccc5)c5ccccc5)[C]5(P(c6ccccc6)c6ccccc6)[CH]1[Fe]32451678[CH]2[C]1(C(C)(C)C)[CH]6[C]7(P(c1ccccc1)c1ccccc1)[C]28P(c1ccccc1)c1ccccc1.